The Bertz CT molecular complexity index is 4140. The fourth-order valence-corrected chi connectivity index (χ4v) is 11.7. The standard InChI is InChI=1S/C56H31NOS/c1-2-15-34-29-45-36(27-33(34)14-1)28-37(50-38-17-5-4-16-35(38)31-49-51(50)43-22-10-12-24-48(43)58-49)30-47(45)57-46-23-11-9-21-42(46)52-53-44-26-25-32-13-3-6-18-39(32)55(44)59-56(53)41-20-8-7-19-40(41)54(52)57/h1-31H. The molecule has 3 heteroatoms. The van der Waals surface area contributed by atoms with Crippen LogP contribution in [0.3, 0.4) is 0 Å². The van der Waals surface area contributed by atoms with Crippen LogP contribution in [-0.4, -0.2) is 4.57 Å². The number of fused-ring (bicyclic) bond motifs is 18. The van der Waals surface area contributed by atoms with Crippen molar-refractivity contribution in [1.29, 1.82) is 0 Å². The molecule has 3 aromatic heterocycles. The predicted molar refractivity (Wildman–Crippen MR) is 254 cm³/mol. The van der Waals surface area contributed by atoms with Crippen LogP contribution in [0.5, 0.6) is 0 Å². The van der Waals surface area contributed by atoms with Crippen LogP contribution in [0.2, 0.25) is 0 Å². The Morgan fingerprint density at radius 2 is 1.02 bits per heavy atom. The highest BCUT2D eigenvalue weighted by Gasteiger charge is 2.25. The highest BCUT2D eigenvalue weighted by atomic mass is 32.1. The van der Waals surface area contributed by atoms with E-state index in [1.807, 2.05) is 11.3 Å². The second kappa shape index (κ2) is 11.6. The number of para-hydroxylation sites is 2. The first kappa shape index (κ1) is 31.6. The van der Waals surface area contributed by atoms with Crippen LogP contribution in [0, 0.1) is 0 Å². The van der Waals surface area contributed by atoms with Crippen molar-refractivity contribution in [3.8, 4) is 16.8 Å². The monoisotopic (exact) mass is 765 g/mol. The minimum atomic E-state index is 0.903. The summed E-state index contributed by atoms with van der Waals surface area (Å²) >= 11 is 1.94. The summed E-state index contributed by atoms with van der Waals surface area (Å²) in [5.74, 6) is 0. The lowest BCUT2D eigenvalue weighted by atomic mass is 9.90. The molecule has 0 amide bonds. The molecule has 0 N–H and O–H groups in total. The lowest BCUT2D eigenvalue weighted by Gasteiger charge is -2.18. The Morgan fingerprint density at radius 3 is 1.86 bits per heavy atom. The summed E-state index contributed by atoms with van der Waals surface area (Å²) in [6.45, 7) is 0. The van der Waals surface area contributed by atoms with E-state index in [9.17, 15) is 0 Å². The Morgan fingerprint density at radius 1 is 0.356 bits per heavy atom. The molecule has 0 saturated heterocycles. The van der Waals surface area contributed by atoms with Crippen molar-refractivity contribution in [3.05, 3.63) is 188 Å². The van der Waals surface area contributed by atoms with Crippen molar-refractivity contribution in [2.24, 2.45) is 0 Å². The minimum absolute atomic E-state index is 0.903. The molecule has 0 radical (unpaired) electrons. The van der Waals surface area contributed by atoms with Gasteiger partial charge in [-0.05, 0) is 85.7 Å². The second-order valence-electron chi connectivity index (χ2n) is 16.0. The van der Waals surface area contributed by atoms with Crippen LogP contribution >= 0.6 is 11.3 Å². The molecule has 0 fully saturated rings. The number of nitrogens with zero attached hydrogens (tertiary/aromatic N) is 1. The van der Waals surface area contributed by atoms with Crippen molar-refractivity contribution in [1.82, 2.24) is 4.57 Å². The van der Waals surface area contributed by atoms with Crippen LogP contribution in [0.4, 0.5) is 0 Å². The average molecular weight is 766 g/mol. The molecular weight excluding hydrogens is 735 g/mol. The Balaban J connectivity index is 1.22. The summed E-state index contributed by atoms with van der Waals surface area (Å²) in [6.07, 6.45) is 0. The first-order valence-corrected chi connectivity index (χ1v) is 21.1. The molecule has 0 atom stereocenters. The van der Waals surface area contributed by atoms with Crippen molar-refractivity contribution in [2.45, 2.75) is 0 Å². The van der Waals surface area contributed by atoms with Crippen molar-refractivity contribution >= 4 is 129 Å². The maximum atomic E-state index is 6.62. The van der Waals surface area contributed by atoms with Gasteiger partial charge in [0.25, 0.3) is 0 Å². The van der Waals surface area contributed by atoms with Gasteiger partial charge in [0.05, 0.1) is 16.7 Å². The summed E-state index contributed by atoms with van der Waals surface area (Å²) in [5.41, 5.74) is 7.78. The Kier molecular flexibility index (Phi) is 6.20. The number of benzene rings is 11. The maximum Gasteiger partial charge on any atom is 0.136 e. The normalized spacial score (nSPS) is 12.4. The van der Waals surface area contributed by atoms with E-state index in [0.29, 0.717) is 0 Å². The molecule has 0 aliphatic rings. The molecule has 0 aliphatic carbocycles. The van der Waals surface area contributed by atoms with Crippen LogP contribution in [0.1, 0.15) is 0 Å². The van der Waals surface area contributed by atoms with Gasteiger partial charge in [-0.25, -0.2) is 0 Å². The smallest absolute Gasteiger partial charge is 0.136 e. The quantitative estimate of drug-likeness (QED) is 0.160. The summed E-state index contributed by atoms with van der Waals surface area (Å²) < 4.78 is 11.9. The van der Waals surface area contributed by atoms with E-state index in [1.54, 1.807) is 0 Å². The SMILES string of the molecule is c1ccc2cc3c(-n4c5ccccc5c5c6c7ccc8ccccc8c7sc6c6ccccc6c54)cc(-c4c5ccccc5cc5oc6ccccc6c45)cc3cc2c1. The summed E-state index contributed by atoms with van der Waals surface area (Å²) in [5, 5.41) is 19.9. The number of rotatable bonds is 2. The Labute approximate surface area is 341 Å². The van der Waals surface area contributed by atoms with Crippen molar-refractivity contribution < 1.29 is 4.42 Å². The fraction of sp³-hybridized carbons (Fsp3) is 0. The minimum Gasteiger partial charge on any atom is -0.456 e. The number of aromatic nitrogens is 1. The molecule has 14 rings (SSSR count). The van der Waals surface area contributed by atoms with Crippen LogP contribution in [-0.2, 0) is 0 Å². The molecular formula is C56H31NOS. The van der Waals surface area contributed by atoms with Gasteiger partial charge in [0.15, 0.2) is 0 Å². The molecule has 0 bridgehead atoms. The third-order valence-corrected chi connectivity index (χ3v) is 14.1. The average Bonchev–Trinajstić information content (AvgIpc) is 3.97. The number of hydrogen-bond donors (Lipinski definition) is 0. The number of thiophene rings is 1. The highest BCUT2D eigenvalue weighted by Crippen LogP contribution is 2.51. The molecule has 0 unspecified atom stereocenters. The molecule has 59 heavy (non-hydrogen) atoms. The molecule has 0 spiro atoms. The molecule has 2 nitrogen and oxygen atoms in total. The van der Waals surface area contributed by atoms with Crippen LogP contribution in [0.25, 0.3) is 135 Å². The maximum absolute atomic E-state index is 6.62. The van der Waals surface area contributed by atoms with Crippen molar-refractivity contribution in [2.75, 3.05) is 0 Å². The zero-order valence-corrected chi connectivity index (χ0v) is 32.5. The largest absolute Gasteiger partial charge is 0.456 e. The van der Waals surface area contributed by atoms with Crippen LogP contribution in [0.15, 0.2) is 192 Å². The van der Waals surface area contributed by atoms with Gasteiger partial charge >= 0.3 is 0 Å². The lowest BCUT2D eigenvalue weighted by Crippen LogP contribution is -1.98. The van der Waals surface area contributed by atoms with Crippen LogP contribution < -0.4 is 0 Å². The number of hydrogen-bond acceptors (Lipinski definition) is 2. The highest BCUT2D eigenvalue weighted by molar-refractivity contribution is 7.27. The lowest BCUT2D eigenvalue weighted by molar-refractivity contribution is 0.669. The van der Waals surface area contributed by atoms with Gasteiger partial charge < -0.3 is 8.98 Å². The van der Waals surface area contributed by atoms with E-state index in [1.165, 1.54) is 102 Å². The van der Waals surface area contributed by atoms with Gasteiger partial charge in [-0.1, -0.05) is 146 Å². The van der Waals surface area contributed by atoms with E-state index >= 15 is 0 Å². The van der Waals surface area contributed by atoms with Gasteiger partial charge in [-0.2, -0.15) is 0 Å². The molecule has 0 saturated carbocycles. The van der Waals surface area contributed by atoms with Gasteiger partial charge in [0.1, 0.15) is 11.2 Å². The Hall–Kier alpha value is -7.46. The predicted octanol–water partition coefficient (Wildman–Crippen LogP) is 16.5. The second-order valence-corrected chi connectivity index (χ2v) is 17.0. The summed E-state index contributed by atoms with van der Waals surface area (Å²) in [6, 6.07) is 69.5. The third-order valence-electron chi connectivity index (χ3n) is 12.8. The first-order chi connectivity index (χ1) is 29.3. The van der Waals surface area contributed by atoms with Gasteiger partial charge in [-0.3, -0.25) is 0 Å². The molecule has 0 aliphatic heterocycles. The van der Waals surface area contributed by atoms with E-state index in [2.05, 4.69) is 193 Å². The van der Waals surface area contributed by atoms with E-state index in [-0.39, 0.29) is 0 Å². The van der Waals surface area contributed by atoms with Gasteiger partial charge in [0, 0.05) is 63.4 Å². The molecule has 11 aromatic carbocycles. The topological polar surface area (TPSA) is 18.1 Å². The zero-order chi connectivity index (χ0) is 38.3. The molecule has 272 valence electrons. The summed E-state index contributed by atoms with van der Waals surface area (Å²) in [7, 11) is 0. The third kappa shape index (κ3) is 4.24. The fourth-order valence-electron chi connectivity index (χ4n) is 10.4. The number of furan rings is 1. The molecule has 14 aromatic rings. The molecule has 3 heterocycles. The summed E-state index contributed by atoms with van der Waals surface area (Å²) in [4.78, 5) is 0. The van der Waals surface area contributed by atoms with Crippen molar-refractivity contribution in [3.63, 3.8) is 0 Å². The van der Waals surface area contributed by atoms with E-state index < -0.39 is 0 Å². The first-order valence-electron chi connectivity index (χ1n) is 20.2. The van der Waals surface area contributed by atoms with E-state index in [0.717, 1.165) is 33.0 Å². The zero-order valence-electron chi connectivity index (χ0n) is 31.7. The van der Waals surface area contributed by atoms with E-state index in [4.69, 9.17) is 4.42 Å². The van der Waals surface area contributed by atoms with Gasteiger partial charge in [-0.15, -0.1) is 11.3 Å². The van der Waals surface area contributed by atoms with Gasteiger partial charge in [0.2, 0.25) is 0 Å².